The lowest BCUT2D eigenvalue weighted by atomic mass is 9.84. The predicted octanol–water partition coefficient (Wildman–Crippen LogP) is 2.84. The lowest BCUT2D eigenvalue weighted by Crippen LogP contribution is -2.45. The van der Waals surface area contributed by atoms with Gasteiger partial charge in [-0.3, -0.25) is 9.69 Å². The van der Waals surface area contributed by atoms with Crippen LogP contribution in [0.2, 0.25) is 5.02 Å². The molecule has 2 aliphatic rings. The van der Waals surface area contributed by atoms with E-state index in [4.69, 9.17) is 11.6 Å². The Labute approximate surface area is 153 Å². The van der Waals surface area contributed by atoms with Gasteiger partial charge in [-0.25, -0.2) is 0 Å². The summed E-state index contributed by atoms with van der Waals surface area (Å²) in [5.74, 6) is 1.06. The van der Waals surface area contributed by atoms with E-state index in [1.807, 2.05) is 41.9 Å². The lowest BCUT2D eigenvalue weighted by Gasteiger charge is -2.37. The van der Waals surface area contributed by atoms with Crippen LogP contribution in [0.3, 0.4) is 0 Å². The van der Waals surface area contributed by atoms with Gasteiger partial charge in [0.05, 0.1) is 0 Å². The molecule has 2 aromatic rings. The second-order valence-corrected chi connectivity index (χ2v) is 7.83. The smallest absolute Gasteiger partial charge is 0.255 e. The van der Waals surface area contributed by atoms with Crippen molar-refractivity contribution in [3.05, 3.63) is 68.6 Å². The summed E-state index contributed by atoms with van der Waals surface area (Å²) in [6, 6.07) is 12.1. The van der Waals surface area contributed by atoms with Crippen LogP contribution in [-0.2, 0) is 19.6 Å². The van der Waals surface area contributed by atoms with Gasteiger partial charge in [-0.1, -0.05) is 35.9 Å². The third-order valence-corrected chi connectivity index (χ3v) is 5.79. The fourth-order valence-corrected chi connectivity index (χ4v) is 4.42. The fraction of sp³-hybridized carbons (Fsp3) is 0.450. The summed E-state index contributed by atoms with van der Waals surface area (Å²) in [7, 11) is 2.03. The number of nitrogens with one attached hydrogen (secondary N) is 1. The van der Waals surface area contributed by atoms with Crippen LogP contribution in [0.5, 0.6) is 0 Å². The molecule has 0 unspecified atom stereocenters. The molecule has 0 radical (unpaired) electrons. The van der Waals surface area contributed by atoms with E-state index in [0.29, 0.717) is 18.4 Å². The summed E-state index contributed by atoms with van der Waals surface area (Å²) < 4.78 is 2.03. The van der Waals surface area contributed by atoms with Crippen molar-refractivity contribution in [2.45, 2.75) is 32.0 Å². The third-order valence-electron chi connectivity index (χ3n) is 5.43. The Bertz CT molecular complexity index is 832. The number of nitrogens with zero attached hydrogens (tertiary/aromatic N) is 2. The van der Waals surface area contributed by atoms with Crippen molar-refractivity contribution in [1.29, 1.82) is 0 Å². The first-order valence-corrected chi connectivity index (χ1v) is 9.35. The van der Waals surface area contributed by atoms with Crippen LogP contribution in [0.1, 0.15) is 29.2 Å². The molecule has 0 aliphatic carbocycles. The van der Waals surface area contributed by atoms with Crippen molar-refractivity contribution in [2.24, 2.45) is 5.92 Å². The molecule has 2 bridgehead atoms. The summed E-state index contributed by atoms with van der Waals surface area (Å²) in [5, 5.41) is 4.27. The minimum absolute atomic E-state index is 0.181. The Morgan fingerprint density at radius 1 is 1.16 bits per heavy atom. The Kier molecular flexibility index (Phi) is 4.67. The Morgan fingerprint density at radius 3 is 2.80 bits per heavy atom. The van der Waals surface area contributed by atoms with Crippen LogP contribution >= 0.6 is 11.6 Å². The van der Waals surface area contributed by atoms with Crippen molar-refractivity contribution in [3.8, 4) is 0 Å². The summed E-state index contributed by atoms with van der Waals surface area (Å²) in [6.07, 6.45) is 1.21. The maximum absolute atomic E-state index is 13.0. The molecule has 25 heavy (non-hydrogen) atoms. The van der Waals surface area contributed by atoms with E-state index in [1.165, 1.54) is 12.1 Å². The van der Waals surface area contributed by atoms with Gasteiger partial charge in [0.25, 0.3) is 5.56 Å². The van der Waals surface area contributed by atoms with Crippen molar-refractivity contribution in [2.75, 3.05) is 20.1 Å². The Hall–Kier alpha value is -1.62. The van der Waals surface area contributed by atoms with E-state index in [1.54, 1.807) is 0 Å². The van der Waals surface area contributed by atoms with Crippen LogP contribution < -0.4 is 10.9 Å². The summed E-state index contributed by atoms with van der Waals surface area (Å²) in [4.78, 5) is 15.1. The zero-order valence-electron chi connectivity index (χ0n) is 14.5. The quantitative estimate of drug-likeness (QED) is 0.914. The molecule has 2 atom stereocenters. The molecule has 1 fully saturated rings. The summed E-state index contributed by atoms with van der Waals surface area (Å²) in [5.41, 5.74) is 3.34. The Balaban J connectivity index is 1.55. The molecule has 0 spiro atoms. The highest BCUT2D eigenvalue weighted by molar-refractivity contribution is 6.31. The first-order valence-electron chi connectivity index (χ1n) is 8.97. The molecule has 1 aromatic carbocycles. The fourth-order valence-electron chi connectivity index (χ4n) is 4.22. The van der Waals surface area contributed by atoms with Gasteiger partial charge in [-0.05, 0) is 43.6 Å². The normalized spacial score (nSPS) is 22.0. The van der Waals surface area contributed by atoms with Crippen LogP contribution in [0, 0.1) is 5.92 Å². The maximum Gasteiger partial charge on any atom is 0.255 e. The standard InChI is InChI=1S/C20H24ClN3O/c1-23(12-15-4-2-3-5-18(15)21)13-16-6-7-19-17-8-14(9-22-10-17)11-24(19)20(16)25/h2-7,14,17,22H,8-13H2,1H3/t14-,17+/m0/s1. The first kappa shape index (κ1) is 16.8. The minimum Gasteiger partial charge on any atom is -0.316 e. The molecule has 1 N–H and O–H groups in total. The number of benzene rings is 1. The first-order chi connectivity index (χ1) is 12.1. The molecule has 0 amide bonds. The molecule has 5 heteroatoms. The molecule has 4 rings (SSSR count). The van der Waals surface area contributed by atoms with Gasteiger partial charge < -0.3 is 9.88 Å². The number of rotatable bonds is 4. The highest BCUT2D eigenvalue weighted by Gasteiger charge is 2.31. The van der Waals surface area contributed by atoms with Crippen LogP contribution in [0.25, 0.3) is 0 Å². The number of hydrogen-bond donors (Lipinski definition) is 1. The van der Waals surface area contributed by atoms with E-state index in [2.05, 4.69) is 16.3 Å². The van der Waals surface area contributed by atoms with Gasteiger partial charge in [-0.2, -0.15) is 0 Å². The molecular formula is C20H24ClN3O. The molecule has 4 nitrogen and oxygen atoms in total. The number of fused-ring (bicyclic) bond motifs is 4. The SMILES string of the molecule is CN(Cc1ccccc1Cl)Cc1ccc2n(c1=O)C[C@@H]1CNC[C@H]2C1. The molecule has 1 aromatic heterocycles. The zero-order valence-corrected chi connectivity index (χ0v) is 15.3. The maximum atomic E-state index is 13.0. The predicted molar refractivity (Wildman–Crippen MR) is 101 cm³/mol. The minimum atomic E-state index is 0.181. The highest BCUT2D eigenvalue weighted by Crippen LogP contribution is 2.31. The van der Waals surface area contributed by atoms with Gasteiger partial charge in [0, 0.05) is 48.4 Å². The van der Waals surface area contributed by atoms with E-state index in [9.17, 15) is 4.79 Å². The number of halogens is 1. The highest BCUT2D eigenvalue weighted by atomic mass is 35.5. The average Bonchev–Trinajstić information content (AvgIpc) is 2.60. The van der Waals surface area contributed by atoms with Crippen molar-refractivity contribution >= 4 is 11.6 Å². The second-order valence-electron chi connectivity index (χ2n) is 7.42. The second kappa shape index (κ2) is 6.94. The molecule has 0 saturated carbocycles. The van der Waals surface area contributed by atoms with Gasteiger partial charge in [0.2, 0.25) is 0 Å². The van der Waals surface area contributed by atoms with Crippen molar-refractivity contribution in [1.82, 2.24) is 14.8 Å². The van der Waals surface area contributed by atoms with E-state index in [-0.39, 0.29) is 5.56 Å². The number of aromatic nitrogens is 1. The molecule has 1 saturated heterocycles. The van der Waals surface area contributed by atoms with Crippen molar-refractivity contribution in [3.63, 3.8) is 0 Å². The number of piperidine rings is 1. The van der Waals surface area contributed by atoms with Gasteiger partial charge in [-0.15, -0.1) is 0 Å². The molecule has 132 valence electrons. The lowest BCUT2D eigenvalue weighted by molar-refractivity contribution is 0.254. The number of hydrogen-bond acceptors (Lipinski definition) is 3. The number of pyridine rings is 1. The molecular weight excluding hydrogens is 334 g/mol. The van der Waals surface area contributed by atoms with Gasteiger partial charge in [0.1, 0.15) is 0 Å². The van der Waals surface area contributed by atoms with Crippen molar-refractivity contribution < 1.29 is 0 Å². The molecule has 2 aliphatic heterocycles. The van der Waals surface area contributed by atoms with E-state index in [0.717, 1.165) is 42.3 Å². The summed E-state index contributed by atoms with van der Waals surface area (Å²) >= 11 is 6.25. The zero-order chi connectivity index (χ0) is 17.4. The van der Waals surface area contributed by atoms with Crippen LogP contribution in [0.4, 0.5) is 0 Å². The van der Waals surface area contributed by atoms with Crippen LogP contribution in [0.15, 0.2) is 41.2 Å². The van der Waals surface area contributed by atoms with Gasteiger partial charge in [0.15, 0.2) is 0 Å². The third kappa shape index (κ3) is 3.39. The topological polar surface area (TPSA) is 37.3 Å². The largest absolute Gasteiger partial charge is 0.316 e. The van der Waals surface area contributed by atoms with Gasteiger partial charge >= 0.3 is 0 Å². The van der Waals surface area contributed by atoms with E-state index >= 15 is 0 Å². The summed E-state index contributed by atoms with van der Waals surface area (Å²) in [6.45, 7) is 4.23. The average molecular weight is 358 g/mol. The monoisotopic (exact) mass is 357 g/mol. The van der Waals surface area contributed by atoms with Crippen LogP contribution in [-0.4, -0.2) is 29.6 Å². The Morgan fingerprint density at radius 2 is 1.96 bits per heavy atom. The molecule has 3 heterocycles. The van der Waals surface area contributed by atoms with E-state index < -0.39 is 0 Å².